The van der Waals surface area contributed by atoms with E-state index in [4.69, 9.17) is 5.26 Å². The molecule has 0 radical (unpaired) electrons. The first-order chi connectivity index (χ1) is 9.99. The van der Waals surface area contributed by atoms with E-state index in [0.29, 0.717) is 17.5 Å². The Balaban J connectivity index is 1.85. The Hall–Kier alpha value is -1.74. The van der Waals surface area contributed by atoms with Gasteiger partial charge in [-0.15, -0.1) is 0 Å². The summed E-state index contributed by atoms with van der Waals surface area (Å²) in [7, 11) is 0. The van der Waals surface area contributed by atoms with Crippen LogP contribution in [0.15, 0.2) is 18.2 Å². The van der Waals surface area contributed by atoms with Crippen molar-refractivity contribution in [1.29, 1.82) is 5.26 Å². The van der Waals surface area contributed by atoms with Gasteiger partial charge in [-0.3, -0.25) is 0 Å². The van der Waals surface area contributed by atoms with E-state index in [1.165, 1.54) is 12.1 Å². The molecule has 1 aromatic carbocycles. The summed E-state index contributed by atoms with van der Waals surface area (Å²) < 4.78 is 38.4. The van der Waals surface area contributed by atoms with Crippen molar-refractivity contribution in [3.8, 4) is 6.07 Å². The molecule has 6 heteroatoms. The molecule has 2 atom stereocenters. The third-order valence-corrected chi connectivity index (χ3v) is 4.50. The summed E-state index contributed by atoms with van der Waals surface area (Å²) in [5, 5.41) is 12.3. The van der Waals surface area contributed by atoms with Gasteiger partial charge in [-0.1, -0.05) is 0 Å². The molecule has 3 nitrogen and oxygen atoms in total. The molecule has 112 valence electrons. The number of anilines is 1. The lowest BCUT2D eigenvalue weighted by Gasteiger charge is -2.36. The Bertz CT molecular complexity index is 577. The number of nitrogens with zero attached hydrogens (tertiary/aromatic N) is 2. The highest BCUT2D eigenvalue weighted by Gasteiger charge is 2.35. The van der Waals surface area contributed by atoms with Crippen molar-refractivity contribution in [1.82, 2.24) is 5.32 Å². The maximum absolute atomic E-state index is 12.8. The molecule has 21 heavy (non-hydrogen) atoms. The highest BCUT2D eigenvalue weighted by molar-refractivity contribution is 5.55. The van der Waals surface area contributed by atoms with Gasteiger partial charge in [0.25, 0.3) is 0 Å². The van der Waals surface area contributed by atoms with Crippen LogP contribution in [0.5, 0.6) is 0 Å². The number of nitrogens with one attached hydrogen (secondary N) is 1. The van der Waals surface area contributed by atoms with Crippen LogP contribution in [0, 0.1) is 23.2 Å². The highest BCUT2D eigenvalue weighted by Crippen LogP contribution is 2.35. The fourth-order valence-corrected chi connectivity index (χ4v) is 3.34. The maximum atomic E-state index is 12.8. The van der Waals surface area contributed by atoms with E-state index in [-0.39, 0.29) is 5.56 Å². The Morgan fingerprint density at radius 2 is 2.00 bits per heavy atom. The smallest absolute Gasteiger partial charge is 0.371 e. The first kappa shape index (κ1) is 14.2. The Labute approximate surface area is 121 Å². The molecular weight excluding hydrogens is 279 g/mol. The minimum atomic E-state index is -4.48. The van der Waals surface area contributed by atoms with E-state index in [1.54, 1.807) is 6.07 Å². The van der Waals surface area contributed by atoms with Crippen molar-refractivity contribution in [2.75, 3.05) is 31.1 Å². The van der Waals surface area contributed by atoms with Gasteiger partial charge >= 0.3 is 6.18 Å². The molecule has 0 spiro atoms. The average molecular weight is 295 g/mol. The first-order valence-electron chi connectivity index (χ1n) is 7.06. The molecule has 1 aromatic rings. The van der Waals surface area contributed by atoms with Gasteiger partial charge in [0, 0.05) is 18.8 Å². The lowest BCUT2D eigenvalue weighted by Crippen LogP contribution is -2.40. The van der Waals surface area contributed by atoms with E-state index in [1.807, 2.05) is 0 Å². The number of fused-ring (bicyclic) bond motifs is 1. The second-order valence-corrected chi connectivity index (χ2v) is 5.75. The van der Waals surface area contributed by atoms with Crippen LogP contribution in [0.3, 0.4) is 0 Å². The molecule has 2 unspecified atom stereocenters. The quantitative estimate of drug-likeness (QED) is 0.865. The minimum Gasteiger partial charge on any atom is -0.371 e. The van der Waals surface area contributed by atoms with E-state index in [9.17, 15) is 13.2 Å². The SMILES string of the molecule is N#Cc1cc(N2CCC3CNCC3C2)ccc1C(F)(F)F. The normalized spacial score (nSPS) is 25.5. The summed E-state index contributed by atoms with van der Waals surface area (Å²) in [5.74, 6) is 1.22. The Kier molecular flexibility index (Phi) is 3.54. The van der Waals surface area contributed by atoms with Crippen molar-refractivity contribution in [3.63, 3.8) is 0 Å². The van der Waals surface area contributed by atoms with Gasteiger partial charge < -0.3 is 10.2 Å². The molecule has 2 fully saturated rings. The second kappa shape index (κ2) is 5.23. The van der Waals surface area contributed by atoms with Crippen LogP contribution >= 0.6 is 0 Å². The molecule has 2 aliphatic heterocycles. The van der Waals surface area contributed by atoms with Gasteiger partial charge in [0.2, 0.25) is 0 Å². The van der Waals surface area contributed by atoms with Gasteiger partial charge in [-0.05, 0) is 49.5 Å². The lowest BCUT2D eigenvalue weighted by molar-refractivity contribution is -0.137. The molecule has 0 amide bonds. The van der Waals surface area contributed by atoms with Gasteiger partial charge in [0.05, 0.1) is 17.2 Å². The lowest BCUT2D eigenvalue weighted by atomic mass is 9.88. The zero-order chi connectivity index (χ0) is 15.0. The van der Waals surface area contributed by atoms with Crippen LogP contribution in [0.1, 0.15) is 17.5 Å². The molecule has 2 aliphatic rings. The van der Waals surface area contributed by atoms with Crippen LogP contribution in [0.4, 0.5) is 18.9 Å². The molecule has 0 saturated carbocycles. The number of alkyl halides is 3. The van der Waals surface area contributed by atoms with Crippen molar-refractivity contribution >= 4 is 5.69 Å². The molecular formula is C15H16F3N3. The van der Waals surface area contributed by atoms with Gasteiger partial charge in [-0.25, -0.2) is 0 Å². The van der Waals surface area contributed by atoms with Crippen LogP contribution in [-0.4, -0.2) is 26.2 Å². The third kappa shape index (κ3) is 2.70. The Morgan fingerprint density at radius 3 is 2.71 bits per heavy atom. The monoisotopic (exact) mass is 295 g/mol. The summed E-state index contributed by atoms with van der Waals surface area (Å²) in [6.07, 6.45) is -3.44. The second-order valence-electron chi connectivity index (χ2n) is 5.75. The topological polar surface area (TPSA) is 39.1 Å². The van der Waals surface area contributed by atoms with Crippen LogP contribution in [0.25, 0.3) is 0 Å². The van der Waals surface area contributed by atoms with E-state index >= 15 is 0 Å². The molecule has 2 heterocycles. The number of halogens is 3. The predicted molar refractivity (Wildman–Crippen MR) is 72.8 cm³/mol. The van der Waals surface area contributed by atoms with Gasteiger partial charge in [-0.2, -0.15) is 18.4 Å². The van der Waals surface area contributed by atoms with Crippen molar-refractivity contribution in [3.05, 3.63) is 29.3 Å². The molecule has 2 saturated heterocycles. The number of hydrogen-bond acceptors (Lipinski definition) is 3. The third-order valence-electron chi connectivity index (χ3n) is 4.50. The van der Waals surface area contributed by atoms with Crippen LogP contribution in [-0.2, 0) is 6.18 Å². The number of nitriles is 1. The molecule has 0 aromatic heterocycles. The maximum Gasteiger partial charge on any atom is 0.417 e. The summed E-state index contributed by atoms with van der Waals surface area (Å²) in [4.78, 5) is 2.09. The summed E-state index contributed by atoms with van der Waals surface area (Å²) in [5.41, 5.74) is -0.442. The zero-order valence-electron chi connectivity index (χ0n) is 11.5. The van der Waals surface area contributed by atoms with E-state index < -0.39 is 11.7 Å². The summed E-state index contributed by atoms with van der Waals surface area (Å²) in [6, 6.07) is 5.53. The van der Waals surface area contributed by atoms with Crippen molar-refractivity contribution < 1.29 is 13.2 Å². The van der Waals surface area contributed by atoms with E-state index in [0.717, 1.165) is 38.7 Å². The van der Waals surface area contributed by atoms with Crippen molar-refractivity contribution in [2.24, 2.45) is 11.8 Å². The minimum absolute atomic E-state index is 0.299. The zero-order valence-corrected chi connectivity index (χ0v) is 11.5. The largest absolute Gasteiger partial charge is 0.417 e. The average Bonchev–Trinajstić information content (AvgIpc) is 2.93. The van der Waals surface area contributed by atoms with E-state index in [2.05, 4.69) is 10.2 Å². The number of piperidine rings is 1. The molecule has 3 rings (SSSR count). The number of benzene rings is 1. The van der Waals surface area contributed by atoms with Crippen LogP contribution in [0.2, 0.25) is 0 Å². The summed E-state index contributed by atoms with van der Waals surface area (Å²) in [6.45, 7) is 3.68. The highest BCUT2D eigenvalue weighted by atomic mass is 19.4. The fourth-order valence-electron chi connectivity index (χ4n) is 3.34. The summed E-state index contributed by atoms with van der Waals surface area (Å²) >= 11 is 0. The molecule has 0 bridgehead atoms. The van der Waals surface area contributed by atoms with Crippen LogP contribution < -0.4 is 10.2 Å². The standard InChI is InChI=1S/C15H16F3N3/c16-15(17,18)14-2-1-13(5-11(14)6-19)21-4-3-10-7-20-8-12(10)9-21/h1-2,5,10,12,20H,3-4,7-9H2. The number of hydrogen-bond donors (Lipinski definition) is 1. The Morgan fingerprint density at radius 1 is 1.24 bits per heavy atom. The van der Waals surface area contributed by atoms with Gasteiger partial charge in [0.15, 0.2) is 0 Å². The van der Waals surface area contributed by atoms with Gasteiger partial charge in [0.1, 0.15) is 0 Å². The molecule has 1 N–H and O–H groups in total. The number of rotatable bonds is 1. The predicted octanol–water partition coefficient (Wildman–Crippen LogP) is 2.62. The fraction of sp³-hybridized carbons (Fsp3) is 0.533. The first-order valence-corrected chi connectivity index (χ1v) is 7.06. The molecule has 0 aliphatic carbocycles. The van der Waals surface area contributed by atoms with Crippen molar-refractivity contribution in [2.45, 2.75) is 12.6 Å².